The van der Waals surface area contributed by atoms with Gasteiger partial charge in [-0.1, -0.05) is 18.2 Å². The van der Waals surface area contributed by atoms with E-state index in [1.54, 1.807) is 22.7 Å². The summed E-state index contributed by atoms with van der Waals surface area (Å²) in [4.78, 5) is 11.6. The number of guanidine groups is 1. The Morgan fingerprint density at radius 2 is 2.18 bits per heavy atom. The molecule has 3 heterocycles. The lowest BCUT2D eigenvalue weighted by atomic mass is 10.0. The first kappa shape index (κ1) is 21.1. The number of thiophene rings is 1. The molecule has 0 fully saturated rings. The quantitative estimate of drug-likeness (QED) is 0.286. The number of halogens is 1. The Morgan fingerprint density at radius 1 is 1.32 bits per heavy atom. The van der Waals surface area contributed by atoms with Crippen molar-refractivity contribution in [2.75, 3.05) is 13.2 Å². The Bertz CT molecular complexity index is 953. The average molecular weight is 526 g/mol. The topological polar surface area (TPSA) is 72.5 Å². The first-order chi connectivity index (χ1) is 13.2. The molecular formula is C20H23IN4OS2. The normalized spacial score (nSPS) is 16.0. The lowest BCUT2D eigenvalue weighted by Crippen LogP contribution is -2.37. The van der Waals surface area contributed by atoms with Gasteiger partial charge >= 0.3 is 0 Å². The largest absolute Gasteiger partial charge is 0.493 e. The zero-order chi connectivity index (χ0) is 18.6. The molecular weight excluding hydrogens is 503 g/mol. The van der Waals surface area contributed by atoms with Gasteiger partial charge < -0.3 is 15.8 Å². The molecule has 1 atom stereocenters. The minimum atomic E-state index is 0. The number of thiazole rings is 1. The predicted molar refractivity (Wildman–Crippen MR) is 128 cm³/mol. The van der Waals surface area contributed by atoms with Crippen molar-refractivity contribution in [3.8, 4) is 16.3 Å². The Labute approximate surface area is 190 Å². The number of aromatic nitrogens is 1. The van der Waals surface area contributed by atoms with Crippen LogP contribution < -0.4 is 15.8 Å². The summed E-state index contributed by atoms with van der Waals surface area (Å²) in [5.74, 6) is 1.42. The molecule has 8 heteroatoms. The fourth-order valence-corrected chi connectivity index (χ4v) is 4.77. The van der Waals surface area contributed by atoms with Crippen molar-refractivity contribution in [3.05, 3.63) is 57.2 Å². The van der Waals surface area contributed by atoms with E-state index in [2.05, 4.69) is 38.9 Å². The van der Waals surface area contributed by atoms with Crippen molar-refractivity contribution >= 4 is 52.6 Å². The van der Waals surface area contributed by atoms with Crippen LogP contribution in [0.15, 0.2) is 46.8 Å². The summed E-state index contributed by atoms with van der Waals surface area (Å²) in [6.07, 6.45) is 1.76. The van der Waals surface area contributed by atoms with E-state index in [1.165, 1.54) is 9.75 Å². The summed E-state index contributed by atoms with van der Waals surface area (Å²) >= 11 is 3.46. The second kappa shape index (κ2) is 9.71. The number of nitrogens with two attached hydrogens (primary N) is 1. The molecule has 5 nitrogen and oxygen atoms in total. The lowest BCUT2D eigenvalue weighted by molar-refractivity contribution is 0.262. The third-order valence-electron chi connectivity index (χ3n) is 4.45. The maximum Gasteiger partial charge on any atom is 0.189 e. The molecule has 0 spiro atoms. The molecule has 0 saturated heterocycles. The monoisotopic (exact) mass is 526 g/mol. The number of hydrogen-bond acceptors (Lipinski definition) is 5. The van der Waals surface area contributed by atoms with E-state index in [-0.39, 0.29) is 30.0 Å². The van der Waals surface area contributed by atoms with E-state index in [0.29, 0.717) is 19.1 Å². The maximum atomic E-state index is 6.12. The highest BCUT2D eigenvalue weighted by Gasteiger charge is 2.21. The van der Waals surface area contributed by atoms with Crippen LogP contribution in [-0.2, 0) is 6.42 Å². The molecule has 148 valence electrons. The van der Waals surface area contributed by atoms with Gasteiger partial charge in [-0.25, -0.2) is 4.98 Å². The van der Waals surface area contributed by atoms with Gasteiger partial charge in [-0.15, -0.1) is 46.7 Å². The van der Waals surface area contributed by atoms with Crippen molar-refractivity contribution in [1.29, 1.82) is 0 Å². The average Bonchev–Trinajstić information content (AvgIpc) is 3.31. The number of ether oxygens (including phenoxy) is 1. The fourth-order valence-electron chi connectivity index (χ4n) is 3.13. The van der Waals surface area contributed by atoms with E-state index in [9.17, 15) is 0 Å². The number of para-hydroxylation sites is 1. The number of aliphatic imine (C=N–C) groups is 1. The van der Waals surface area contributed by atoms with E-state index < -0.39 is 0 Å². The molecule has 1 aliphatic heterocycles. The number of aryl methyl sites for hydroxylation is 1. The molecule has 2 aromatic heterocycles. The highest BCUT2D eigenvalue weighted by atomic mass is 127. The first-order valence-corrected chi connectivity index (χ1v) is 10.7. The van der Waals surface area contributed by atoms with Crippen LogP contribution in [0.2, 0.25) is 0 Å². The molecule has 1 aliphatic rings. The van der Waals surface area contributed by atoms with Crippen molar-refractivity contribution in [1.82, 2.24) is 10.3 Å². The van der Waals surface area contributed by atoms with Gasteiger partial charge in [-0.2, -0.15) is 0 Å². The van der Waals surface area contributed by atoms with E-state index >= 15 is 0 Å². The second-order valence-electron chi connectivity index (χ2n) is 6.41. The Balaban J connectivity index is 0.00000225. The van der Waals surface area contributed by atoms with Crippen LogP contribution in [0.25, 0.3) is 10.6 Å². The zero-order valence-corrected chi connectivity index (χ0v) is 19.5. The molecule has 4 rings (SSSR count). The Hall–Kier alpha value is -1.65. The van der Waals surface area contributed by atoms with Gasteiger partial charge in [0.1, 0.15) is 5.75 Å². The number of rotatable bonds is 5. The summed E-state index contributed by atoms with van der Waals surface area (Å²) < 4.78 is 5.69. The van der Waals surface area contributed by atoms with Gasteiger partial charge in [0.05, 0.1) is 28.2 Å². The highest BCUT2D eigenvalue weighted by molar-refractivity contribution is 14.0. The Kier molecular flexibility index (Phi) is 7.30. The van der Waals surface area contributed by atoms with Crippen LogP contribution in [0, 0.1) is 6.92 Å². The summed E-state index contributed by atoms with van der Waals surface area (Å²) in [6.45, 7) is 3.39. The minimum Gasteiger partial charge on any atom is -0.493 e. The van der Waals surface area contributed by atoms with Gasteiger partial charge in [0.25, 0.3) is 0 Å². The van der Waals surface area contributed by atoms with Crippen molar-refractivity contribution in [2.45, 2.75) is 25.8 Å². The number of nitrogens with zero attached hydrogens (tertiary/aromatic N) is 2. The summed E-state index contributed by atoms with van der Waals surface area (Å²) in [6, 6.07) is 12.5. The van der Waals surface area contributed by atoms with Crippen LogP contribution >= 0.6 is 46.7 Å². The van der Waals surface area contributed by atoms with Crippen LogP contribution in [0.1, 0.15) is 27.9 Å². The van der Waals surface area contributed by atoms with Gasteiger partial charge in [0.15, 0.2) is 5.96 Å². The van der Waals surface area contributed by atoms with E-state index in [0.717, 1.165) is 34.9 Å². The fraction of sp³-hybridized carbons (Fsp3) is 0.300. The standard InChI is InChI=1S/C20H22N4OS2.HI/c1-13-23-17(12-26-13)19-7-6-14(27-19)8-10-22-20(21)24-16-9-11-25-18-5-3-2-4-15(16)18;/h2-7,12,16H,8-11H2,1H3,(H3,21,22,24);1H. The predicted octanol–water partition coefficient (Wildman–Crippen LogP) is 4.77. The van der Waals surface area contributed by atoms with Crippen LogP contribution in [0.5, 0.6) is 5.75 Å². The Morgan fingerprint density at radius 3 is 3.00 bits per heavy atom. The van der Waals surface area contributed by atoms with Gasteiger partial charge in [0, 0.05) is 35.2 Å². The first-order valence-electron chi connectivity index (χ1n) is 8.98. The third-order valence-corrected chi connectivity index (χ3v) is 6.40. The molecule has 28 heavy (non-hydrogen) atoms. The molecule has 0 saturated carbocycles. The number of fused-ring (bicyclic) bond motifs is 1. The summed E-state index contributed by atoms with van der Waals surface area (Å²) in [5.41, 5.74) is 8.33. The van der Waals surface area contributed by atoms with Gasteiger partial charge in [-0.3, -0.25) is 4.99 Å². The lowest BCUT2D eigenvalue weighted by Gasteiger charge is -2.26. The van der Waals surface area contributed by atoms with Crippen molar-refractivity contribution in [3.63, 3.8) is 0 Å². The highest BCUT2D eigenvalue weighted by Crippen LogP contribution is 2.31. The van der Waals surface area contributed by atoms with Crippen LogP contribution in [-0.4, -0.2) is 24.1 Å². The number of nitrogens with one attached hydrogen (secondary N) is 1. The second-order valence-corrected chi connectivity index (χ2v) is 8.64. The molecule has 0 aliphatic carbocycles. The molecule has 0 radical (unpaired) electrons. The summed E-state index contributed by atoms with van der Waals surface area (Å²) in [7, 11) is 0. The van der Waals surface area contributed by atoms with Crippen molar-refractivity contribution < 1.29 is 4.74 Å². The SMILES string of the molecule is Cc1nc(-c2ccc(CCN=C(N)NC3CCOc4ccccc43)s2)cs1.I. The molecule has 3 aromatic rings. The number of hydrogen-bond donors (Lipinski definition) is 2. The molecule has 3 N–H and O–H groups in total. The smallest absolute Gasteiger partial charge is 0.189 e. The summed E-state index contributed by atoms with van der Waals surface area (Å²) in [5, 5.41) is 6.54. The van der Waals surface area contributed by atoms with Gasteiger partial charge in [0.2, 0.25) is 0 Å². The van der Waals surface area contributed by atoms with Crippen LogP contribution in [0.3, 0.4) is 0 Å². The zero-order valence-electron chi connectivity index (χ0n) is 15.6. The molecule has 1 unspecified atom stereocenters. The third kappa shape index (κ3) is 5.03. The van der Waals surface area contributed by atoms with E-state index in [4.69, 9.17) is 10.5 Å². The van der Waals surface area contributed by atoms with Crippen molar-refractivity contribution in [2.24, 2.45) is 10.7 Å². The van der Waals surface area contributed by atoms with Gasteiger partial charge in [-0.05, 0) is 25.1 Å². The molecule has 0 amide bonds. The molecule has 0 bridgehead atoms. The maximum absolute atomic E-state index is 6.12. The minimum absolute atomic E-state index is 0. The van der Waals surface area contributed by atoms with E-state index in [1.807, 2.05) is 25.1 Å². The van der Waals surface area contributed by atoms with Crippen LogP contribution in [0.4, 0.5) is 0 Å². The number of benzene rings is 1. The molecule has 1 aromatic carbocycles.